The summed E-state index contributed by atoms with van der Waals surface area (Å²) in [5.41, 5.74) is 0.924. The Bertz CT molecular complexity index is 858. The van der Waals surface area contributed by atoms with Crippen LogP contribution in [0.25, 0.3) is 0 Å². The van der Waals surface area contributed by atoms with Crippen molar-refractivity contribution < 1.29 is 14.0 Å². The molecule has 0 fully saturated rings. The molecular weight excluding hydrogens is 402 g/mol. The highest BCUT2D eigenvalue weighted by Crippen LogP contribution is 2.23. The quantitative estimate of drug-likeness (QED) is 0.704. The zero-order valence-electron chi connectivity index (χ0n) is 16.0. The molecule has 0 spiro atoms. The summed E-state index contributed by atoms with van der Waals surface area (Å²) in [6, 6.07) is 10.2. The van der Waals surface area contributed by atoms with E-state index in [-0.39, 0.29) is 36.4 Å². The number of hydrogen-bond acceptors (Lipinski definition) is 2. The molecule has 2 rings (SSSR count). The van der Waals surface area contributed by atoms with E-state index in [1.165, 1.54) is 11.0 Å². The van der Waals surface area contributed by atoms with E-state index in [0.29, 0.717) is 15.6 Å². The molecule has 0 unspecified atom stereocenters. The third-order valence-electron chi connectivity index (χ3n) is 4.25. The van der Waals surface area contributed by atoms with Gasteiger partial charge in [-0.15, -0.1) is 0 Å². The summed E-state index contributed by atoms with van der Waals surface area (Å²) in [5.74, 6) is -1.12. The second-order valence-corrected chi connectivity index (χ2v) is 7.71. The molecule has 0 saturated carbocycles. The fourth-order valence-electron chi connectivity index (χ4n) is 2.73. The van der Waals surface area contributed by atoms with Crippen LogP contribution in [0.2, 0.25) is 10.0 Å². The molecule has 0 radical (unpaired) electrons. The van der Waals surface area contributed by atoms with Crippen LogP contribution in [0.3, 0.4) is 0 Å². The minimum absolute atomic E-state index is 0.0717. The fourth-order valence-corrected chi connectivity index (χ4v) is 3.20. The predicted octanol–water partition coefficient (Wildman–Crippen LogP) is 4.62. The number of halogens is 3. The van der Waals surface area contributed by atoms with Gasteiger partial charge in [0.1, 0.15) is 11.9 Å². The van der Waals surface area contributed by atoms with Crippen molar-refractivity contribution in [1.29, 1.82) is 0 Å². The van der Waals surface area contributed by atoms with E-state index in [4.69, 9.17) is 23.2 Å². The van der Waals surface area contributed by atoms with E-state index in [1.54, 1.807) is 43.3 Å². The third-order valence-corrected chi connectivity index (χ3v) is 4.84. The SMILES string of the molecule is CC(C)NC(=O)[C@H](C)N(Cc1ccc(Cl)cc1Cl)C(=O)Cc1ccccc1F. The largest absolute Gasteiger partial charge is 0.352 e. The molecule has 150 valence electrons. The molecule has 0 saturated heterocycles. The molecule has 0 aliphatic carbocycles. The lowest BCUT2D eigenvalue weighted by atomic mass is 10.1. The van der Waals surface area contributed by atoms with E-state index >= 15 is 0 Å². The van der Waals surface area contributed by atoms with Gasteiger partial charge in [-0.05, 0) is 50.1 Å². The molecular formula is C21H23Cl2FN2O2. The first-order chi connectivity index (χ1) is 13.2. The lowest BCUT2D eigenvalue weighted by molar-refractivity contribution is -0.140. The second kappa shape index (κ2) is 9.89. The van der Waals surface area contributed by atoms with Gasteiger partial charge in [0.25, 0.3) is 0 Å². The van der Waals surface area contributed by atoms with Crippen molar-refractivity contribution >= 4 is 35.0 Å². The van der Waals surface area contributed by atoms with Gasteiger partial charge in [0.05, 0.1) is 6.42 Å². The first kappa shape index (κ1) is 22.2. The second-order valence-electron chi connectivity index (χ2n) is 6.86. The standard InChI is InChI=1S/C21H23Cl2FN2O2/c1-13(2)25-21(28)14(3)26(12-16-8-9-17(22)11-18(16)23)20(27)10-15-6-4-5-7-19(15)24/h4-9,11,13-14H,10,12H2,1-3H3,(H,25,28)/t14-/m0/s1. The Kier molecular flexibility index (Phi) is 7.84. The van der Waals surface area contributed by atoms with Gasteiger partial charge in [0.15, 0.2) is 0 Å². The molecule has 7 heteroatoms. The van der Waals surface area contributed by atoms with Gasteiger partial charge in [-0.25, -0.2) is 4.39 Å². The van der Waals surface area contributed by atoms with E-state index in [0.717, 1.165) is 0 Å². The molecule has 28 heavy (non-hydrogen) atoms. The Hall–Kier alpha value is -2.11. The first-order valence-electron chi connectivity index (χ1n) is 8.96. The highest BCUT2D eigenvalue weighted by atomic mass is 35.5. The van der Waals surface area contributed by atoms with Crippen molar-refractivity contribution in [2.45, 2.75) is 45.8 Å². The summed E-state index contributed by atoms with van der Waals surface area (Å²) in [4.78, 5) is 26.9. The maximum absolute atomic E-state index is 14.0. The molecule has 0 heterocycles. The van der Waals surface area contributed by atoms with Crippen molar-refractivity contribution in [3.63, 3.8) is 0 Å². The minimum atomic E-state index is -0.756. The van der Waals surface area contributed by atoms with Gasteiger partial charge >= 0.3 is 0 Å². The number of benzene rings is 2. The van der Waals surface area contributed by atoms with Crippen LogP contribution in [0.1, 0.15) is 31.9 Å². The Morgan fingerprint density at radius 1 is 1.07 bits per heavy atom. The molecule has 0 aliphatic rings. The van der Waals surface area contributed by atoms with Gasteiger partial charge in [0, 0.05) is 22.6 Å². The monoisotopic (exact) mass is 424 g/mol. The summed E-state index contributed by atoms with van der Waals surface area (Å²) in [7, 11) is 0. The lowest BCUT2D eigenvalue weighted by Gasteiger charge is -2.30. The highest BCUT2D eigenvalue weighted by Gasteiger charge is 2.27. The van der Waals surface area contributed by atoms with Crippen LogP contribution >= 0.6 is 23.2 Å². The normalized spacial score (nSPS) is 12.0. The Morgan fingerprint density at radius 2 is 1.75 bits per heavy atom. The number of carbonyl (C=O) groups excluding carboxylic acids is 2. The van der Waals surface area contributed by atoms with Crippen LogP contribution in [-0.2, 0) is 22.6 Å². The molecule has 0 aromatic heterocycles. The van der Waals surface area contributed by atoms with Crippen LogP contribution in [0.15, 0.2) is 42.5 Å². The van der Waals surface area contributed by atoms with Crippen molar-refractivity contribution in [2.24, 2.45) is 0 Å². The van der Waals surface area contributed by atoms with Crippen LogP contribution in [0, 0.1) is 5.82 Å². The first-order valence-corrected chi connectivity index (χ1v) is 9.71. The average Bonchev–Trinajstić information content (AvgIpc) is 2.61. The maximum Gasteiger partial charge on any atom is 0.242 e. The Labute approximate surface area is 174 Å². The zero-order valence-corrected chi connectivity index (χ0v) is 17.5. The molecule has 0 aliphatic heterocycles. The van der Waals surface area contributed by atoms with Gasteiger partial charge in [-0.2, -0.15) is 0 Å². The summed E-state index contributed by atoms with van der Waals surface area (Å²) in [6.45, 7) is 5.43. The van der Waals surface area contributed by atoms with Gasteiger partial charge in [-0.1, -0.05) is 47.5 Å². The van der Waals surface area contributed by atoms with E-state index in [9.17, 15) is 14.0 Å². The van der Waals surface area contributed by atoms with Crippen molar-refractivity contribution in [1.82, 2.24) is 10.2 Å². The van der Waals surface area contributed by atoms with Crippen LogP contribution < -0.4 is 5.32 Å². The summed E-state index contributed by atoms with van der Waals surface area (Å²) in [6.07, 6.45) is -0.156. The van der Waals surface area contributed by atoms with Crippen LogP contribution in [0.4, 0.5) is 4.39 Å². The van der Waals surface area contributed by atoms with Crippen LogP contribution in [0.5, 0.6) is 0 Å². The predicted molar refractivity (Wildman–Crippen MR) is 110 cm³/mol. The van der Waals surface area contributed by atoms with Gasteiger partial charge in [0.2, 0.25) is 11.8 Å². The summed E-state index contributed by atoms with van der Waals surface area (Å²) in [5, 5.41) is 3.67. The van der Waals surface area contributed by atoms with E-state index in [2.05, 4.69) is 5.32 Å². The topological polar surface area (TPSA) is 49.4 Å². The van der Waals surface area contributed by atoms with Gasteiger partial charge in [-0.3, -0.25) is 9.59 Å². The van der Waals surface area contributed by atoms with Gasteiger partial charge < -0.3 is 10.2 Å². The minimum Gasteiger partial charge on any atom is -0.352 e. The van der Waals surface area contributed by atoms with E-state index < -0.39 is 11.9 Å². The zero-order chi connectivity index (χ0) is 20.8. The van der Waals surface area contributed by atoms with Crippen molar-refractivity contribution in [3.05, 3.63) is 69.5 Å². The van der Waals surface area contributed by atoms with Crippen LogP contribution in [-0.4, -0.2) is 28.8 Å². The fraction of sp³-hybridized carbons (Fsp3) is 0.333. The summed E-state index contributed by atoms with van der Waals surface area (Å²) >= 11 is 12.2. The molecule has 2 amide bonds. The molecule has 0 bridgehead atoms. The summed E-state index contributed by atoms with van der Waals surface area (Å²) < 4.78 is 14.0. The maximum atomic E-state index is 14.0. The molecule has 1 atom stereocenters. The number of nitrogens with one attached hydrogen (secondary N) is 1. The number of carbonyl (C=O) groups is 2. The Morgan fingerprint density at radius 3 is 2.36 bits per heavy atom. The van der Waals surface area contributed by atoms with Crippen molar-refractivity contribution in [3.8, 4) is 0 Å². The van der Waals surface area contributed by atoms with Crippen molar-refractivity contribution in [2.75, 3.05) is 0 Å². The molecule has 2 aromatic carbocycles. The van der Waals surface area contributed by atoms with E-state index in [1.807, 2.05) is 13.8 Å². The molecule has 2 aromatic rings. The number of hydrogen-bond donors (Lipinski definition) is 1. The smallest absolute Gasteiger partial charge is 0.242 e. The lowest BCUT2D eigenvalue weighted by Crippen LogP contribution is -2.49. The third kappa shape index (κ3) is 5.94. The average molecular weight is 425 g/mol. The molecule has 1 N–H and O–H groups in total. The molecule has 4 nitrogen and oxygen atoms in total. The number of rotatable bonds is 7. The number of amides is 2. The Balaban J connectivity index is 2.30. The number of nitrogens with zero attached hydrogens (tertiary/aromatic N) is 1. The highest BCUT2D eigenvalue weighted by molar-refractivity contribution is 6.35.